The molecule has 0 saturated carbocycles. The summed E-state index contributed by atoms with van der Waals surface area (Å²) in [5.41, 5.74) is 2.75. The van der Waals surface area contributed by atoms with E-state index in [0.717, 1.165) is 16.7 Å². The molecule has 1 amide bonds. The maximum absolute atomic E-state index is 12.7. The van der Waals surface area contributed by atoms with Crippen LogP contribution in [0.3, 0.4) is 0 Å². The number of piperidine rings is 1. The molecule has 1 N–H and O–H groups in total. The van der Waals surface area contributed by atoms with Gasteiger partial charge in [-0.15, -0.1) is 0 Å². The van der Waals surface area contributed by atoms with Crippen molar-refractivity contribution in [1.82, 2.24) is 14.6 Å². The van der Waals surface area contributed by atoms with Crippen molar-refractivity contribution in [2.24, 2.45) is 5.92 Å². The number of pyridine rings is 1. The summed E-state index contributed by atoms with van der Waals surface area (Å²) in [6.45, 7) is 3.14. The molecule has 1 aromatic carbocycles. The average Bonchev–Trinajstić information content (AvgIpc) is 2.69. The van der Waals surface area contributed by atoms with Gasteiger partial charge in [0.05, 0.1) is 5.75 Å². The summed E-state index contributed by atoms with van der Waals surface area (Å²) < 4.78 is 26.9. The molecule has 2 aromatic rings. The van der Waals surface area contributed by atoms with Crippen LogP contribution in [0.25, 0.3) is 0 Å². The highest BCUT2D eigenvalue weighted by Crippen LogP contribution is 2.22. The molecule has 27 heavy (non-hydrogen) atoms. The summed E-state index contributed by atoms with van der Waals surface area (Å²) in [5, 5.41) is 2.92. The van der Waals surface area contributed by atoms with Crippen molar-refractivity contribution in [2.45, 2.75) is 32.1 Å². The highest BCUT2D eigenvalue weighted by atomic mass is 32.2. The molecule has 144 valence electrons. The van der Waals surface area contributed by atoms with Gasteiger partial charge in [-0.25, -0.2) is 12.7 Å². The molecule has 1 aromatic heterocycles. The van der Waals surface area contributed by atoms with Crippen LogP contribution in [-0.4, -0.2) is 36.7 Å². The SMILES string of the molecule is Cc1ccccc1CS(=O)(=O)N1CCC(C(=O)NCc2cccnc2)CC1. The lowest BCUT2D eigenvalue weighted by atomic mass is 9.97. The molecule has 2 heterocycles. The van der Waals surface area contributed by atoms with E-state index in [2.05, 4.69) is 10.3 Å². The first kappa shape index (κ1) is 19.5. The topological polar surface area (TPSA) is 79.4 Å². The van der Waals surface area contributed by atoms with E-state index in [-0.39, 0.29) is 17.6 Å². The number of nitrogens with zero attached hydrogens (tertiary/aromatic N) is 2. The lowest BCUT2D eigenvalue weighted by Crippen LogP contribution is -2.43. The number of aryl methyl sites for hydroxylation is 1. The van der Waals surface area contributed by atoms with Crippen LogP contribution in [0.2, 0.25) is 0 Å². The molecule has 0 bridgehead atoms. The minimum atomic E-state index is -3.37. The van der Waals surface area contributed by atoms with Crippen LogP contribution < -0.4 is 5.32 Å². The lowest BCUT2D eigenvalue weighted by Gasteiger charge is -2.30. The average molecular weight is 388 g/mol. The van der Waals surface area contributed by atoms with E-state index in [1.165, 1.54) is 4.31 Å². The van der Waals surface area contributed by atoms with Crippen molar-refractivity contribution in [3.63, 3.8) is 0 Å². The number of nitrogens with one attached hydrogen (secondary N) is 1. The normalized spacial score (nSPS) is 16.2. The fourth-order valence-electron chi connectivity index (χ4n) is 3.29. The Morgan fingerprint density at radius 3 is 2.59 bits per heavy atom. The van der Waals surface area contributed by atoms with Crippen LogP contribution >= 0.6 is 0 Å². The van der Waals surface area contributed by atoms with Gasteiger partial charge in [0.15, 0.2) is 0 Å². The van der Waals surface area contributed by atoms with Crippen molar-refractivity contribution >= 4 is 15.9 Å². The van der Waals surface area contributed by atoms with Crippen LogP contribution in [0.5, 0.6) is 0 Å². The third-order valence-corrected chi connectivity index (χ3v) is 6.83. The van der Waals surface area contributed by atoms with E-state index in [1.807, 2.05) is 43.3 Å². The minimum absolute atomic E-state index is 0.0115. The first-order valence-electron chi connectivity index (χ1n) is 9.14. The quantitative estimate of drug-likeness (QED) is 0.824. The zero-order chi connectivity index (χ0) is 19.3. The second-order valence-electron chi connectivity index (χ2n) is 6.94. The molecule has 6 nitrogen and oxygen atoms in total. The molecule has 1 aliphatic heterocycles. The Hall–Kier alpha value is -2.25. The largest absolute Gasteiger partial charge is 0.352 e. The molecule has 0 spiro atoms. The van der Waals surface area contributed by atoms with Gasteiger partial charge in [-0.05, 0) is 42.5 Å². The van der Waals surface area contributed by atoms with Crippen LogP contribution in [0, 0.1) is 12.8 Å². The second kappa shape index (κ2) is 8.63. The summed E-state index contributed by atoms with van der Waals surface area (Å²) in [7, 11) is -3.37. The molecule has 1 aliphatic rings. The van der Waals surface area contributed by atoms with Crippen LogP contribution in [0.1, 0.15) is 29.5 Å². The predicted octanol–water partition coefficient (Wildman–Crippen LogP) is 2.25. The number of carbonyl (C=O) groups excluding carboxylic acids is 1. The number of aromatic nitrogens is 1. The number of hydrogen-bond acceptors (Lipinski definition) is 4. The van der Waals surface area contributed by atoms with Crippen molar-refractivity contribution in [2.75, 3.05) is 13.1 Å². The highest BCUT2D eigenvalue weighted by molar-refractivity contribution is 7.88. The highest BCUT2D eigenvalue weighted by Gasteiger charge is 2.31. The minimum Gasteiger partial charge on any atom is -0.352 e. The number of hydrogen-bond donors (Lipinski definition) is 1. The van der Waals surface area contributed by atoms with Gasteiger partial charge in [-0.3, -0.25) is 9.78 Å². The summed E-state index contributed by atoms with van der Waals surface area (Å²) in [6.07, 6.45) is 4.51. The first-order chi connectivity index (χ1) is 13.0. The van der Waals surface area contributed by atoms with Crippen LogP contribution in [-0.2, 0) is 27.1 Å². The lowest BCUT2D eigenvalue weighted by molar-refractivity contribution is -0.126. The van der Waals surface area contributed by atoms with E-state index >= 15 is 0 Å². The van der Waals surface area contributed by atoms with Gasteiger partial charge in [0.1, 0.15) is 0 Å². The van der Waals surface area contributed by atoms with Crippen LogP contribution in [0.4, 0.5) is 0 Å². The molecule has 1 fully saturated rings. The van der Waals surface area contributed by atoms with Crippen molar-refractivity contribution < 1.29 is 13.2 Å². The number of rotatable bonds is 6. The van der Waals surface area contributed by atoms with Gasteiger partial charge in [0.25, 0.3) is 0 Å². The van der Waals surface area contributed by atoms with Crippen molar-refractivity contribution in [1.29, 1.82) is 0 Å². The maximum Gasteiger partial charge on any atom is 0.223 e. The fraction of sp³-hybridized carbons (Fsp3) is 0.400. The zero-order valence-corrected chi connectivity index (χ0v) is 16.3. The Balaban J connectivity index is 1.52. The van der Waals surface area contributed by atoms with Gasteiger partial charge in [0.2, 0.25) is 15.9 Å². The summed E-state index contributed by atoms with van der Waals surface area (Å²) in [6, 6.07) is 11.3. The van der Waals surface area contributed by atoms with E-state index < -0.39 is 10.0 Å². The summed E-state index contributed by atoms with van der Waals surface area (Å²) >= 11 is 0. The molecular weight excluding hydrogens is 362 g/mol. The molecule has 0 aliphatic carbocycles. The van der Waals surface area contributed by atoms with E-state index in [1.54, 1.807) is 12.4 Å². The number of benzene rings is 1. The summed E-state index contributed by atoms with van der Waals surface area (Å²) in [5.74, 6) is -0.154. The van der Waals surface area contributed by atoms with Crippen molar-refractivity contribution in [3.8, 4) is 0 Å². The first-order valence-corrected chi connectivity index (χ1v) is 10.8. The molecule has 0 unspecified atom stereocenters. The fourth-order valence-corrected chi connectivity index (χ4v) is 4.96. The smallest absolute Gasteiger partial charge is 0.223 e. The Kier molecular flexibility index (Phi) is 6.23. The van der Waals surface area contributed by atoms with E-state index in [4.69, 9.17) is 0 Å². The number of sulfonamides is 1. The maximum atomic E-state index is 12.7. The Morgan fingerprint density at radius 1 is 1.19 bits per heavy atom. The molecule has 7 heteroatoms. The number of amides is 1. The Morgan fingerprint density at radius 2 is 1.93 bits per heavy atom. The molecule has 1 saturated heterocycles. The zero-order valence-electron chi connectivity index (χ0n) is 15.5. The van der Waals surface area contributed by atoms with Gasteiger partial charge < -0.3 is 5.32 Å². The third kappa shape index (κ3) is 5.14. The standard InChI is InChI=1S/C20H25N3O3S/c1-16-5-2-3-7-19(16)15-27(25,26)23-11-8-18(9-12-23)20(24)22-14-17-6-4-10-21-13-17/h2-7,10,13,18H,8-9,11-12,14-15H2,1H3,(H,22,24). The third-order valence-electron chi connectivity index (χ3n) is 5.01. The Labute approximate surface area is 160 Å². The molecule has 0 radical (unpaired) electrons. The molecule has 0 atom stereocenters. The second-order valence-corrected chi connectivity index (χ2v) is 8.90. The van der Waals surface area contributed by atoms with Crippen LogP contribution in [0.15, 0.2) is 48.8 Å². The van der Waals surface area contributed by atoms with Gasteiger partial charge in [-0.1, -0.05) is 30.3 Å². The van der Waals surface area contributed by atoms with E-state index in [9.17, 15) is 13.2 Å². The van der Waals surface area contributed by atoms with Gasteiger partial charge >= 0.3 is 0 Å². The Bertz CT molecular complexity index is 876. The molecular formula is C20H25N3O3S. The molecule has 3 rings (SSSR count). The summed E-state index contributed by atoms with van der Waals surface area (Å²) in [4.78, 5) is 16.4. The monoisotopic (exact) mass is 387 g/mol. The number of carbonyl (C=O) groups is 1. The van der Waals surface area contributed by atoms with Gasteiger partial charge in [-0.2, -0.15) is 0 Å². The van der Waals surface area contributed by atoms with E-state index in [0.29, 0.717) is 32.5 Å². The van der Waals surface area contributed by atoms with Gasteiger partial charge in [0, 0.05) is 37.9 Å². The van der Waals surface area contributed by atoms with Crippen molar-refractivity contribution in [3.05, 3.63) is 65.5 Å². The predicted molar refractivity (Wildman–Crippen MR) is 104 cm³/mol.